The average molecular weight is 549 g/mol. The lowest BCUT2D eigenvalue weighted by molar-refractivity contribution is 0.0770. The van der Waals surface area contributed by atoms with E-state index in [1.807, 2.05) is 0 Å². The molecule has 2 heterocycles. The van der Waals surface area contributed by atoms with Crippen molar-refractivity contribution in [1.82, 2.24) is 9.29 Å². The van der Waals surface area contributed by atoms with Gasteiger partial charge in [-0.15, -0.1) is 0 Å². The van der Waals surface area contributed by atoms with Gasteiger partial charge in [-0.2, -0.15) is 4.31 Å². The van der Waals surface area contributed by atoms with Crippen molar-refractivity contribution in [2.75, 3.05) is 13.1 Å². The number of pyridine rings is 1. The molecule has 3 aromatic rings. The van der Waals surface area contributed by atoms with Crippen LogP contribution in [0, 0.1) is 24.0 Å². The third-order valence-corrected chi connectivity index (χ3v) is 9.06. The first-order valence-corrected chi connectivity index (χ1v) is 13.8. The van der Waals surface area contributed by atoms with Gasteiger partial charge in [0, 0.05) is 19.3 Å². The molecule has 1 saturated heterocycles. The van der Waals surface area contributed by atoms with E-state index in [1.54, 1.807) is 31.2 Å². The van der Waals surface area contributed by atoms with Crippen molar-refractivity contribution in [3.63, 3.8) is 0 Å². The van der Waals surface area contributed by atoms with Crippen LogP contribution in [0.5, 0.6) is 0 Å². The lowest BCUT2D eigenvalue weighted by Gasteiger charge is -2.45. The van der Waals surface area contributed by atoms with Gasteiger partial charge < -0.3 is 5.73 Å². The number of nitrogens with two attached hydrogens (primary N) is 1. The fourth-order valence-electron chi connectivity index (χ4n) is 5.05. The highest BCUT2D eigenvalue weighted by atomic mass is 32.2. The number of Topliss-reactive ketones (excluding diaryl/α,β-unsaturated/α-hetero) is 1. The second-order valence-corrected chi connectivity index (χ2v) is 11.6. The molecule has 0 amide bonds. The zero-order valence-electron chi connectivity index (χ0n) is 21.1. The van der Waals surface area contributed by atoms with Gasteiger partial charge in [-0.1, -0.05) is 17.7 Å². The van der Waals surface area contributed by atoms with Crippen LogP contribution in [-0.4, -0.2) is 42.3 Å². The fourth-order valence-corrected chi connectivity index (χ4v) is 6.56. The zero-order valence-corrected chi connectivity index (χ0v) is 22.0. The first kappa shape index (κ1) is 26.6. The van der Waals surface area contributed by atoms with Gasteiger partial charge in [-0.25, -0.2) is 22.2 Å². The van der Waals surface area contributed by atoms with E-state index in [0.717, 1.165) is 6.07 Å². The Kier molecular flexibility index (Phi) is 7.00. The minimum absolute atomic E-state index is 0.0824. The van der Waals surface area contributed by atoms with Crippen molar-refractivity contribution in [1.29, 1.82) is 0 Å². The predicted molar refractivity (Wildman–Crippen MR) is 144 cm³/mol. The van der Waals surface area contributed by atoms with Crippen molar-refractivity contribution in [3.05, 3.63) is 113 Å². The molecule has 200 valence electrons. The lowest BCUT2D eigenvalue weighted by atomic mass is 9.64. The molecule has 2 aliphatic rings. The minimum Gasteiger partial charge on any atom is -0.404 e. The highest BCUT2D eigenvalue weighted by Crippen LogP contribution is 2.47. The molecule has 1 atom stereocenters. The molecule has 0 unspecified atom stereocenters. The number of sulfonamides is 1. The monoisotopic (exact) mass is 548 g/mol. The highest BCUT2D eigenvalue weighted by molar-refractivity contribution is 7.89. The number of rotatable bonds is 5. The maximum Gasteiger partial charge on any atom is 0.243 e. The maximum absolute atomic E-state index is 14.3. The Morgan fingerprint density at radius 1 is 1.13 bits per heavy atom. The van der Waals surface area contributed by atoms with Crippen LogP contribution in [0.1, 0.15) is 28.9 Å². The molecule has 1 aliphatic carbocycles. The second kappa shape index (κ2) is 10.3. The van der Waals surface area contributed by atoms with Gasteiger partial charge in [0.15, 0.2) is 5.78 Å². The van der Waals surface area contributed by atoms with Gasteiger partial charge in [0.1, 0.15) is 17.3 Å². The Bertz CT molecular complexity index is 1630. The molecule has 2 aromatic carbocycles. The minimum atomic E-state index is -4.12. The number of aromatic nitrogens is 1. The van der Waals surface area contributed by atoms with Crippen LogP contribution in [-0.2, 0) is 10.0 Å². The number of carbonyl (C=O) groups excluding carboxylic acids is 1. The van der Waals surface area contributed by atoms with Crippen molar-refractivity contribution in [3.8, 4) is 0 Å². The topological polar surface area (TPSA) is 106 Å². The summed E-state index contributed by atoms with van der Waals surface area (Å²) in [5.74, 6) is -1.36. The smallest absolute Gasteiger partial charge is 0.243 e. The average Bonchev–Trinajstić information content (AvgIpc) is 2.95. The van der Waals surface area contributed by atoms with Gasteiger partial charge in [0.2, 0.25) is 10.0 Å². The Hall–Kier alpha value is -4.02. The maximum atomic E-state index is 14.3. The van der Waals surface area contributed by atoms with E-state index in [2.05, 4.69) is 9.98 Å². The van der Waals surface area contributed by atoms with Crippen LogP contribution < -0.4 is 5.73 Å². The predicted octanol–water partition coefficient (Wildman–Crippen LogP) is 4.88. The molecule has 1 fully saturated rings. The van der Waals surface area contributed by atoms with Crippen LogP contribution in [0.4, 0.5) is 14.5 Å². The molecular formula is C29H26F2N4O3S. The number of benzene rings is 2. The Labute approximate surface area is 225 Å². The molecule has 0 radical (unpaired) electrons. The van der Waals surface area contributed by atoms with Gasteiger partial charge >= 0.3 is 0 Å². The number of hydrogen-bond acceptors (Lipinski definition) is 6. The number of piperidine rings is 1. The van der Waals surface area contributed by atoms with E-state index in [9.17, 15) is 22.0 Å². The summed E-state index contributed by atoms with van der Waals surface area (Å²) < 4.78 is 56.2. The SMILES string of the molecule is Cc1ccc(S(=O)(=O)N2CCC3=CC(=Nc4ccc(F)cc4)/C(=C\N)C[C@]3(C(=O)c3ccccn3)C2)cc1F. The summed E-state index contributed by atoms with van der Waals surface area (Å²) in [6, 6.07) is 14.4. The standard InChI is InChI=1S/C29H26F2N4O3S/c1-19-5-10-24(15-25(19)31)39(37,38)35-13-11-21-14-27(34-23-8-6-22(30)7-9-23)20(17-32)16-29(21,18-35)28(36)26-4-2-3-12-33-26/h2-10,12,14-15,17H,11,13,16,18,32H2,1H3/b20-17-,34-27?/t29-/m0/s1. The van der Waals surface area contributed by atoms with Crippen LogP contribution >= 0.6 is 0 Å². The summed E-state index contributed by atoms with van der Waals surface area (Å²) in [7, 11) is -4.12. The van der Waals surface area contributed by atoms with Crippen molar-refractivity contribution in [2.24, 2.45) is 16.1 Å². The van der Waals surface area contributed by atoms with Gasteiger partial charge in [-0.3, -0.25) is 9.78 Å². The highest BCUT2D eigenvalue weighted by Gasteiger charge is 2.51. The largest absolute Gasteiger partial charge is 0.404 e. The quantitative estimate of drug-likeness (QED) is 0.458. The molecule has 0 bridgehead atoms. The van der Waals surface area contributed by atoms with Crippen molar-refractivity contribution < 1.29 is 22.0 Å². The van der Waals surface area contributed by atoms with E-state index in [1.165, 1.54) is 53.1 Å². The van der Waals surface area contributed by atoms with E-state index in [0.29, 0.717) is 28.1 Å². The number of aliphatic imine (C=N–C) groups is 1. The number of hydrogen-bond donors (Lipinski definition) is 1. The van der Waals surface area contributed by atoms with Crippen molar-refractivity contribution in [2.45, 2.75) is 24.7 Å². The summed E-state index contributed by atoms with van der Waals surface area (Å²) >= 11 is 0. The molecule has 1 aromatic heterocycles. The molecule has 0 saturated carbocycles. The molecule has 2 N–H and O–H groups in total. The molecule has 39 heavy (non-hydrogen) atoms. The molecule has 0 spiro atoms. The van der Waals surface area contributed by atoms with Crippen LogP contribution in [0.3, 0.4) is 0 Å². The van der Waals surface area contributed by atoms with Crippen LogP contribution in [0.2, 0.25) is 0 Å². The van der Waals surface area contributed by atoms with E-state index in [-0.39, 0.29) is 42.3 Å². The number of ketones is 1. The fraction of sp³-hybridized carbons (Fsp3) is 0.207. The summed E-state index contributed by atoms with van der Waals surface area (Å²) in [6.07, 6.45) is 4.95. The summed E-state index contributed by atoms with van der Waals surface area (Å²) in [5.41, 5.74) is 7.49. The van der Waals surface area contributed by atoms with Crippen molar-refractivity contribution >= 4 is 27.2 Å². The second-order valence-electron chi connectivity index (χ2n) is 9.64. The first-order valence-electron chi connectivity index (χ1n) is 12.3. The summed E-state index contributed by atoms with van der Waals surface area (Å²) in [6.45, 7) is 1.47. The Morgan fingerprint density at radius 3 is 2.56 bits per heavy atom. The van der Waals surface area contributed by atoms with Crippen LogP contribution in [0.25, 0.3) is 0 Å². The van der Waals surface area contributed by atoms with Gasteiger partial charge in [-0.05, 0) is 91.7 Å². The number of aryl methyl sites for hydroxylation is 1. The molecule has 5 rings (SSSR count). The number of fused-ring (bicyclic) bond motifs is 1. The van der Waals surface area contributed by atoms with E-state index in [4.69, 9.17) is 5.73 Å². The Balaban J connectivity index is 1.61. The summed E-state index contributed by atoms with van der Waals surface area (Å²) in [4.78, 5) is 22.8. The third-order valence-electron chi connectivity index (χ3n) is 7.21. The zero-order chi connectivity index (χ0) is 27.8. The third kappa shape index (κ3) is 4.93. The molecule has 7 nitrogen and oxygen atoms in total. The van der Waals surface area contributed by atoms with Crippen LogP contribution in [0.15, 0.2) is 100 Å². The number of nitrogens with zero attached hydrogens (tertiary/aromatic N) is 3. The summed E-state index contributed by atoms with van der Waals surface area (Å²) in [5, 5.41) is 0. The number of halogens is 2. The molecule has 1 aliphatic heterocycles. The Morgan fingerprint density at radius 2 is 1.90 bits per heavy atom. The lowest BCUT2D eigenvalue weighted by Crippen LogP contribution is -2.53. The molecular weight excluding hydrogens is 522 g/mol. The first-order chi connectivity index (χ1) is 18.6. The molecule has 10 heteroatoms. The number of carbonyl (C=O) groups is 1. The van der Waals surface area contributed by atoms with Gasteiger partial charge in [0.25, 0.3) is 0 Å². The van der Waals surface area contributed by atoms with E-state index < -0.39 is 27.1 Å². The van der Waals surface area contributed by atoms with Gasteiger partial charge in [0.05, 0.1) is 21.7 Å². The van der Waals surface area contributed by atoms with E-state index >= 15 is 0 Å². The number of allylic oxidation sites excluding steroid dienone is 2. The normalized spacial score (nSPS) is 22.0.